The van der Waals surface area contributed by atoms with Gasteiger partial charge in [-0.3, -0.25) is 0 Å². The second kappa shape index (κ2) is 5.46. The first kappa shape index (κ1) is 14.6. The SMILES string of the molecule is Cc1ccc(S(C)(=O)=O)cc1NC1CCCc2sccc21. The lowest BCUT2D eigenvalue weighted by atomic mass is 9.93. The van der Waals surface area contributed by atoms with E-state index in [9.17, 15) is 8.42 Å². The van der Waals surface area contributed by atoms with Crippen LogP contribution in [0.5, 0.6) is 0 Å². The molecule has 0 fully saturated rings. The van der Waals surface area contributed by atoms with Gasteiger partial charge >= 0.3 is 0 Å². The van der Waals surface area contributed by atoms with Gasteiger partial charge in [0.15, 0.2) is 9.84 Å². The lowest BCUT2D eigenvalue weighted by molar-refractivity contribution is 0.601. The predicted octanol–water partition coefficient (Wildman–Crippen LogP) is 3.95. The molecule has 1 aliphatic carbocycles. The van der Waals surface area contributed by atoms with Crippen LogP contribution in [0.3, 0.4) is 0 Å². The van der Waals surface area contributed by atoms with E-state index >= 15 is 0 Å². The lowest BCUT2D eigenvalue weighted by Crippen LogP contribution is -2.16. The van der Waals surface area contributed by atoms with Gasteiger partial charge in [0.25, 0.3) is 0 Å². The number of benzene rings is 1. The fraction of sp³-hybridized carbons (Fsp3) is 0.375. The molecule has 3 nitrogen and oxygen atoms in total. The van der Waals surface area contributed by atoms with E-state index in [1.807, 2.05) is 24.3 Å². The molecular formula is C16H19NO2S2. The minimum atomic E-state index is -3.17. The van der Waals surface area contributed by atoms with Gasteiger partial charge in [0.1, 0.15) is 0 Å². The number of rotatable bonds is 3. The van der Waals surface area contributed by atoms with Crippen molar-refractivity contribution in [3.05, 3.63) is 45.6 Å². The maximum absolute atomic E-state index is 11.7. The summed E-state index contributed by atoms with van der Waals surface area (Å²) >= 11 is 1.82. The van der Waals surface area contributed by atoms with Crippen molar-refractivity contribution in [3.63, 3.8) is 0 Å². The maximum Gasteiger partial charge on any atom is 0.175 e. The van der Waals surface area contributed by atoms with Crippen LogP contribution in [-0.2, 0) is 16.3 Å². The third-order valence-corrected chi connectivity index (χ3v) is 6.13. The molecule has 1 unspecified atom stereocenters. The molecule has 0 saturated carbocycles. The number of hydrogen-bond acceptors (Lipinski definition) is 4. The Morgan fingerprint density at radius 3 is 2.86 bits per heavy atom. The maximum atomic E-state index is 11.7. The molecule has 0 spiro atoms. The van der Waals surface area contributed by atoms with Crippen molar-refractivity contribution >= 4 is 26.9 Å². The molecule has 21 heavy (non-hydrogen) atoms. The Morgan fingerprint density at radius 2 is 2.10 bits per heavy atom. The van der Waals surface area contributed by atoms with Gasteiger partial charge in [-0.1, -0.05) is 6.07 Å². The Bertz CT molecular complexity index is 762. The monoisotopic (exact) mass is 321 g/mol. The van der Waals surface area contributed by atoms with Crippen LogP contribution in [0.2, 0.25) is 0 Å². The Kier molecular flexibility index (Phi) is 3.80. The van der Waals surface area contributed by atoms with E-state index in [1.165, 1.54) is 23.1 Å². The Hall–Kier alpha value is -1.33. The van der Waals surface area contributed by atoms with Gasteiger partial charge in [0.05, 0.1) is 10.9 Å². The number of thiophene rings is 1. The number of hydrogen-bond donors (Lipinski definition) is 1. The molecule has 0 aliphatic heterocycles. The van der Waals surface area contributed by atoms with E-state index in [0.717, 1.165) is 24.1 Å². The van der Waals surface area contributed by atoms with Crippen LogP contribution < -0.4 is 5.32 Å². The fourth-order valence-corrected chi connectivity index (χ4v) is 4.45. The number of anilines is 1. The Balaban J connectivity index is 1.93. The summed E-state index contributed by atoms with van der Waals surface area (Å²) in [4.78, 5) is 1.83. The second-order valence-corrected chi connectivity index (χ2v) is 8.65. The normalized spacial score (nSPS) is 18.3. The van der Waals surface area contributed by atoms with Crippen LogP contribution in [0.25, 0.3) is 0 Å². The fourth-order valence-electron chi connectivity index (χ4n) is 2.81. The van der Waals surface area contributed by atoms with Gasteiger partial charge in [0, 0.05) is 16.8 Å². The zero-order chi connectivity index (χ0) is 15.0. The van der Waals surface area contributed by atoms with Gasteiger partial charge in [-0.05, 0) is 60.9 Å². The highest BCUT2D eigenvalue weighted by Gasteiger charge is 2.21. The summed E-state index contributed by atoms with van der Waals surface area (Å²) in [5.74, 6) is 0. The van der Waals surface area contributed by atoms with Gasteiger partial charge in [-0.2, -0.15) is 0 Å². The van der Waals surface area contributed by atoms with Crippen LogP contribution >= 0.6 is 11.3 Å². The molecule has 1 N–H and O–H groups in total. The summed E-state index contributed by atoms with van der Waals surface area (Å²) in [6, 6.07) is 7.77. The van der Waals surface area contributed by atoms with E-state index in [-0.39, 0.29) is 6.04 Å². The zero-order valence-corrected chi connectivity index (χ0v) is 13.9. The molecule has 5 heteroatoms. The molecular weight excluding hydrogens is 302 g/mol. The third kappa shape index (κ3) is 2.99. The molecule has 1 heterocycles. The van der Waals surface area contributed by atoms with Crippen LogP contribution in [0.15, 0.2) is 34.5 Å². The van der Waals surface area contributed by atoms with E-state index in [1.54, 1.807) is 12.1 Å². The standard InChI is InChI=1S/C16H19NO2S2/c1-11-6-7-12(21(2,18)19)10-15(11)17-14-4-3-5-16-13(14)8-9-20-16/h6-10,14,17H,3-5H2,1-2H3. The van der Waals surface area contributed by atoms with Crippen molar-refractivity contribution in [1.29, 1.82) is 0 Å². The smallest absolute Gasteiger partial charge is 0.175 e. The molecule has 1 aliphatic rings. The van der Waals surface area contributed by atoms with Gasteiger partial charge in [-0.25, -0.2) is 8.42 Å². The van der Waals surface area contributed by atoms with Crippen LogP contribution in [0, 0.1) is 6.92 Å². The molecule has 1 atom stereocenters. The summed E-state index contributed by atoms with van der Waals surface area (Å²) in [6.07, 6.45) is 4.68. The van der Waals surface area contributed by atoms with Gasteiger partial charge in [-0.15, -0.1) is 11.3 Å². The topological polar surface area (TPSA) is 46.2 Å². The van der Waals surface area contributed by atoms with E-state index in [0.29, 0.717) is 4.90 Å². The molecule has 3 rings (SSSR count). The third-order valence-electron chi connectivity index (χ3n) is 4.02. The highest BCUT2D eigenvalue weighted by molar-refractivity contribution is 7.90. The predicted molar refractivity (Wildman–Crippen MR) is 87.9 cm³/mol. The molecule has 1 aromatic carbocycles. The molecule has 112 valence electrons. The molecule has 0 amide bonds. The highest BCUT2D eigenvalue weighted by Crippen LogP contribution is 2.36. The summed E-state index contributed by atoms with van der Waals surface area (Å²) in [7, 11) is -3.17. The average Bonchev–Trinajstić information content (AvgIpc) is 2.89. The van der Waals surface area contributed by atoms with Crippen LogP contribution in [-0.4, -0.2) is 14.7 Å². The zero-order valence-electron chi connectivity index (χ0n) is 12.2. The quantitative estimate of drug-likeness (QED) is 0.931. The first-order chi connectivity index (χ1) is 9.95. The van der Waals surface area contributed by atoms with Crippen molar-refractivity contribution < 1.29 is 8.42 Å². The van der Waals surface area contributed by atoms with E-state index < -0.39 is 9.84 Å². The minimum Gasteiger partial charge on any atom is -0.378 e. The Morgan fingerprint density at radius 1 is 1.29 bits per heavy atom. The van der Waals surface area contributed by atoms with E-state index in [4.69, 9.17) is 0 Å². The van der Waals surface area contributed by atoms with Crippen molar-refractivity contribution in [2.75, 3.05) is 11.6 Å². The molecule has 2 aromatic rings. The number of fused-ring (bicyclic) bond motifs is 1. The van der Waals surface area contributed by atoms with Crippen molar-refractivity contribution in [2.45, 2.75) is 37.1 Å². The summed E-state index contributed by atoms with van der Waals surface area (Å²) in [6.45, 7) is 2.01. The molecule has 1 aromatic heterocycles. The minimum absolute atomic E-state index is 0.286. The second-order valence-electron chi connectivity index (χ2n) is 5.64. The number of sulfone groups is 1. The molecule has 0 bridgehead atoms. The largest absolute Gasteiger partial charge is 0.378 e. The first-order valence-electron chi connectivity index (χ1n) is 7.08. The summed E-state index contributed by atoms with van der Waals surface area (Å²) in [5, 5.41) is 5.69. The first-order valence-corrected chi connectivity index (χ1v) is 9.86. The van der Waals surface area contributed by atoms with Gasteiger partial charge in [0.2, 0.25) is 0 Å². The van der Waals surface area contributed by atoms with Crippen LogP contribution in [0.1, 0.15) is 34.9 Å². The van der Waals surface area contributed by atoms with Crippen molar-refractivity contribution in [3.8, 4) is 0 Å². The van der Waals surface area contributed by atoms with Crippen molar-refractivity contribution in [1.82, 2.24) is 0 Å². The lowest BCUT2D eigenvalue weighted by Gasteiger charge is -2.25. The Labute approximate surface area is 129 Å². The van der Waals surface area contributed by atoms with Gasteiger partial charge < -0.3 is 5.32 Å². The van der Waals surface area contributed by atoms with Crippen molar-refractivity contribution in [2.24, 2.45) is 0 Å². The molecule has 0 saturated heterocycles. The van der Waals surface area contributed by atoms with Crippen LogP contribution in [0.4, 0.5) is 5.69 Å². The molecule has 0 radical (unpaired) electrons. The highest BCUT2D eigenvalue weighted by atomic mass is 32.2. The van der Waals surface area contributed by atoms with E-state index in [2.05, 4.69) is 16.8 Å². The average molecular weight is 321 g/mol. The number of aryl methyl sites for hydroxylation is 2. The number of nitrogens with one attached hydrogen (secondary N) is 1. The summed E-state index contributed by atoms with van der Waals surface area (Å²) < 4.78 is 23.4. The summed E-state index contributed by atoms with van der Waals surface area (Å²) in [5.41, 5.74) is 3.36.